The monoisotopic (exact) mass is 550 g/mol. The highest BCUT2D eigenvalue weighted by Crippen LogP contribution is 2.33. The molecule has 0 spiro atoms. The molecule has 3 heterocycles. The van der Waals surface area contributed by atoms with E-state index in [9.17, 15) is 22.8 Å². The number of nitrogens with zero attached hydrogens (tertiary/aromatic N) is 3. The number of urea groups is 1. The molecule has 0 unspecified atom stereocenters. The number of hydrogen-bond donors (Lipinski definition) is 3. The zero-order chi connectivity index (χ0) is 28.5. The minimum absolute atomic E-state index is 0.00886. The van der Waals surface area contributed by atoms with Gasteiger partial charge < -0.3 is 20.7 Å². The Morgan fingerprint density at radius 1 is 1.00 bits per heavy atom. The van der Waals surface area contributed by atoms with Crippen LogP contribution in [-0.4, -0.2) is 39.9 Å². The van der Waals surface area contributed by atoms with Crippen LogP contribution < -0.4 is 16.0 Å². The molecule has 4 aromatic rings. The van der Waals surface area contributed by atoms with E-state index in [0.717, 1.165) is 17.7 Å². The summed E-state index contributed by atoms with van der Waals surface area (Å²) in [7, 11) is 0. The second kappa shape index (κ2) is 10.5. The summed E-state index contributed by atoms with van der Waals surface area (Å²) < 4.78 is 45.8. The standard InChI is InChI=1S/C28H25F3N6O3/c1-17-6-7-21(35-26(39)34-20-5-3-4-19(10-20)28(29,30)31)11-24(17)37-14-18(12-33-37)22-13-32-9-8-23(22)36-25(38)27(2)15-40-16-27/h3-14H,15-16H2,1-2H3,(H,32,36,38)(H2,34,35,39). The molecule has 2 aromatic heterocycles. The average Bonchev–Trinajstić information content (AvgIpc) is 3.38. The lowest BCUT2D eigenvalue weighted by Gasteiger charge is -2.36. The summed E-state index contributed by atoms with van der Waals surface area (Å²) >= 11 is 0. The van der Waals surface area contributed by atoms with Crippen molar-refractivity contribution in [3.63, 3.8) is 0 Å². The Hall–Kier alpha value is -4.71. The van der Waals surface area contributed by atoms with Crippen molar-refractivity contribution in [2.75, 3.05) is 29.2 Å². The number of rotatable bonds is 6. The normalized spacial score (nSPS) is 14.2. The second-order valence-electron chi connectivity index (χ2n) is 9.76. The van der Waals surface area contributed by atoms with E-state index in [4.69, 9.17) is 4.74 Å². The number of aromatic nitrogens is 3. The number of alkyl halides is 3. The van der Waals surface area contributed by atoms with Crippen LogP contribution in [0, 0.1) is 12.3 Å². The third-order valence-electron chi connectivity index (χ3n) is 6.51. The zero-order valence-electron chi connectivity index (χ0n) is 21.5. The van der Waals surface area contributed by atoms with Gasteiger partial charge in [0, 0.05) is 41.1 Å². The molecular weight excluding hydrogens is 525 g/mol. The molecule has 9 nitrogen and oxygen atoms in total. The fourth-order valence-corrected chi connectivity index (χ4v) is 4.14. The fourth-order valence-electron chi connectivity index (χ4n) is 4.14. The van der Waals surface area contributed by atoms with Crippen molar-refractivity contribution in [1.82, 2.24) is 14.8 Å². The average molecular weight is 551 g/mol. The van der Waals surface area contributed by atoms with E-state index in [-0.39, 0.29) is 11.6 Å². The van der Waals surface area contributed by atoms with Gasteiger partial charge in [-0.15, -0.1) is 0 Å². The van der Waals surface area contributed by atoms with Gasteiger partial charge in [0.25, 0.3) is 0 Å². The van der Waals surface area contributed by atoms with Crippen LogP contribution in [-0.2, 0) is 15.7 Å². The molecule has 1 fully saturated rings. The second-order valence-corrected chi connectivity index (χ2v) is 9.76. The highest BCUT2D eigenvalue weighted by molar-refractivity contribution is 6.00. The first kappa shape index (κ1) is 26.9. The number of benzene rings is 2. The molecule has 3 amide bonds. The Kier molecular flexibility index (Phi) is 7.03. The number of hydrogen-bond acceptors (Lipinski definition) is 5. The number of anilines is 3. The molecule has 5 rings (SSSR count). The highest BCUT2D eigenvalue weighted by atomic mass is 19.4. The predicted octanol–water partition coefficient (Wildman–Crippen LogP) is 5.88. The molecule has 0 radical (unpaired) electrons. The summed E-state index contributed by atoms with van der Waals surface area (Å²) in [6.45, 7) is 4.44. The van der Waals surface area contributed by atoms with Gasteiger partial charge >= 0.3 is 12.2 Å². The lowest BCUT2D eigenvalue weighted by Crippen LogP contribution is -2.49. The van der Waals surface area contributed by atoms with Crippen LogP contribution in [0.15, 0.2) is 73.3 Å². The predicted molar refractivity (Wildman–Crippen MR) is 143 cm³/mol. The van der Waals surface area contributed by atoms with Crippen molar-refractivity contribution in [2.24, 2.45) is 5.41 Å². The summed E-state index contributed by atoms with van der Waals surface area (Å²) in [6.07, 6.45) is 2.12. The summed E-state index contributed by atoms with van der Waals surface area (Å²) in [5, 5.41) is 12.5. The van der Waals surface area contributed by atoms with Crippen LogP contribution in [0.5, 0.6) is 0 Å². The Morgan fingerprint density at radius 2 is 1.75 bits per heavy atom. The van der Waals surface area contributed by atoms with Crippen molar-refractivity contribution in [2.45, 2.75) is 20.0 Å². The van der Waals surface area contributed by atoms with Crippen molar-refractivity contribution in [3.8, 4) is 16.8 Å². The molecule has 1 aliphatic rings. The Labute approximate surface area is 227 Å². The summed E-state index contributed by atoms with van der Waals surface area (Å²) in [6, 6.07) is 10.6. The van der Waals surface area contributed by atoms with E-state index < -0.39 is 23.2 Å². The number of halogens is 3. The molecule has 0 aliphatic carbocycles. The van der Waals surface area contributed by atoms with Gasteiger partial charge in [-0.25, -0.2) is 9.48 Å². The van der Waals surface area contributed by atoms with E-state index >= 15 is 0 Å². The van der Waals surface area contributed by atoms with Crippen LogP contribution in [0.3, 0.4) is 0 Å². The van der Waals surface area contributed by atoms with Gasteiger partial charge in [-0.05, 0) is 55.8 Å². The molecule has 1 saturated heterocycles. The maximum absolute atomic E-state index is 13.0. The quantitative estimate of drug-likeness (QED) is 0.278. The first-order valence-electron chi connectivity index (χ1n) is 12.3. The maximum atomic E-state index is 13.0. The molecule has 2 aromatic carbocycles. The summed E-state index contributed by atoms with van der Waals surface area (Å²) in [5.41, 5.74) is 2.47. The zero-order valence-corrected chi connectivity index (χ0v) is 21.5. The van der Waals surface area contributed by atoms with Crippen LogP contribution in [0.25, 0.3) is 16.8 Å². The number of carbonyl (C=O) groups is 2. The van der Waals surface area contributed by atoms with E-state index in [1.807, 2.05) is 13.8 Å². The highest BCUT2D eigenvalue weighted by Gasteiger charge is 2.41. The van der Waals surface area contributed by atoms with Crippen LogP contribution in [0.4, 0.5) is 35.0 Å². The topological polar surface area (TPSA) is 110 Å². The first-order valence-corrected chi connectivity index (χ1v) is 12.3. The molecule has 1 aliphatic heterocycles. The van der Waals surface area contributed by atoms with Crippen molar-refractivity contribution in [3.05, 3.63) is 84.4 Å². The van der Waals surface area contributed by atoms with Crippen LogP contribution in [0.2, 0.25) is 0 Å². The van der Waals surface area contributed by atoms with Crippen LogP contribution >= 0.6 is 0 Å². The van der Waals surface area contributed by atoms with E-state index in [1.54, 1.807) is 53.7 Å². The van der Waals surface area contributed by atoms with Gasteiger partial charge in [0.15, 0.2) is 0 Å². The molecule has 0 atom stereocenters. The van der Waals surface area contributed by atoms with Crippen molar-refractivity contribution >= 4 is 29.0 Å². The fraction of sp³-hybridized carbons (Fsp3) is 0.214. The maximum Gasteiger partial charge on any atom is 0.416 e. The Bertz CT molecular complexity index is 1580. The third-order valence-corrected chi connectivity index (χ3v) is 6.51. The Balaban J connectivity index is 1.33. The lowest BCUT2D eigenvalue weighted by atomic mass is 9.87. The number of ether oxygens (including phenoxy) is 1. The number of amides is 3. The molecule has 3 N–H and O–H groups in total. The minimum atomic E-state index is -4.52. The first-order chi connectivity index (χ1) is 19.0. The van der Waals surface area contributed by atoms with Gasteiger partial charge in [-0.2, -0.15) is 18.3 Å². The van der Waals surface area contributed by atoms with E-state index in [1.165, 1.54) is 12.1 Å². The van der Waals surface area contributed by atoms with Crippen molar-refractivity contribution in [1.29, 1.82) is 0 Å². The van der Waals surface area contributed by atoms with Gasteiger partial charge in [0.1, 0.15) is 0 Å². The van der Waals surface area contributed by atoms with Crippen LogP contribution in [0.1, 0.15) is 18.1 Å². The lowest BCUT2D eigenvalue weighted by molar-refractivity contribution is -0.151. The molecular formula is C28H25F3N6O3. The SMILES string of the molecule is Cc1ccc(NC(=O)Nc2cccc(C(F)(F)F)c2)cc1-n1cc(-c2cnccc2NC(=O)C2(C)COC2)cn1. The molecule has 0 bridgehead atoms. The molecule has 12 heteroatoms. The van der Waals surface area contributed by atoms with Gasteiger partial charge in [0.05, 0.1) is 41.8 Å². The molecule has 0 saturated carbocycles. The van der Waals surface area contributed by atoms with Crippen molar-refractivity contribution < 1.29 is 27.5 Å². The third kappa shape index (κ3) is 5.66. The number of aryl methyl sites for hydroxylation is 1. The smallest absolute Gasteiger partial charge is 0.379 e. The summed E-state index contributed by atoms with van der Waals surface area (Å²) in [4.78, 5) is 29.5. The van der Waals surface area contributed by atoms with Gasteiger partial charge in [-0.3, -0.25) is 9.78 Å². The minimum Gasteiger partial charge on any atom is -0.379 e. The Morgan fingerprint density at radius 3 is 2.45 bits per heavy atom. The van der Waals surface area contributed by atoms with Gasteiger partial charge in [0.2, 0.25) is 5.91 Å². The van der Waals surface area contributed by atoms with E-state index in [0.29, 0.717) is 41.4 Å². The number of carbonyl (C=O) groups excluding carboxylic acids is 2. The molecule has 40 heavy (non-hydrogen) atoms. The number of nitrogens with one attached hydrogen (secondary N) is 3. The molecule has 206 valence electrons. The van der Waals surface area contributed by atoms with E-state index in [2.05, 4.69) is 26.0 Å². The summed E-state index contributed by atoms with van der Waals surface area (Å²) in [5.74, 6) is -0.142. The number of pyridine rings is 1. The largest absolute Gasteiger partial charge is 0.416 e. The van der Waals surface area contributed by atoms with Gasteiger partial charge in [-0.1, -0.05) is 12.1 Å².